The zero-order chi connectivity index (χ0) is 24.8. The maximum absolute atomic E-state index is 12.1. The SMILES string of the molecule is COc1cc([N+](=O)[O-])cc([N+](=O)[O-])c1OCC(=O)NN=Cc1c(C)nn(-c2ccccc2)c1Cl. The number of carbonyl (C=O) groups excluding carboxylic acids is 1. The molecule has 0 spiro atoms. The normalized spacial score (nSPS) is 10.8. The number of hydrogen-bond acceptors (Lipinski definition) is 9. The van der Waals surface area contributed by atoms with Crippen LogP contribution in [0.1, 0.15) is 11.3 Å². The Labute approximate surface area is 196 Å². The fourth-order valence-corrected chi connectivity index (χ4v) is 3.17. The van der Waals surface area contributed by atoms with E-state index in [0.29, 0.717) is 17.3 Å². The van der Waals surface area contributed by atoms with Crippen molar-refractivity contribution in [3.8, 4) is 17.2 Å². The van der Waals surface area contributed by atoms with Crippen LogP contribution in [0.4, 0.5) is 11.4 Å². The van der Waals surface area contributed by atoms with Gasteiger partial charge in [0.2, 0.25) is 5.75 Å². The molecule has 1 amide bonds. The molecule has 0 aliphatic heterocycles. The van der Waals surface area contributed by atoms with Crippen molar-refractivity contribution >= 4 is 35.1 Å². The second-order valence-electron chi connectivity index (χ2n) is 6.63. The molecule has 34 heavy (non-hydrogen) atoms. The number of non-ortho nitro benzene ring substituents is 1. The van der Waals surface area contributed by atoms with Gasteiger partial charge in [-0.05, 0) is 19.1 Å². The van der Waals surface area contributed by atoms with Crippen LogP contribution >= 0.6 is 11.6 Å². The van der Waals surface area contributed by atoms with E-state index >= 15 is 0 Å². The molecule has 3 aromatic rings. The predicted octanol–water partition coefficient (Wildman–Crippen LogP) is 3.19. The van der Waals surface area contributed by atoms with Gasteiger partial charge in [-0.2, -0.15) is 10.2 Å². The number of aromatic nitrogens is 2. The summed E-state index contributed by atoms with van der Waals surface area (Å²) in [7, 11) is 1.15. The van der Waals surface area contributed by atoms with Gasteiger partial charge < -0.3 is 9.47 Å². The maximum Gasteiger partial charge on any atom is 0.321 e. The Morgan fingerprint density at radius 1 is 1.24 bits per heavy atom. The highest BCUT2D eigenvalue weighted by molar-refractivity contribution is 6.32. The first-order valence-corrected chi connectivity index (χ1v) is 9.86. The first kappa shape index (κ1) is 24.1. The third-order valence-electron chi connectivity index (χ3n) is 4.43. The summed E-state index contributed by atoms with van der Waals surface area (Å²) in [5, 5.41) is 30.7. The van der Waals surface area contributed by atoms with E-state index in [9.17, 15) is 25.0 Å². The molecule has 0 bridgehead atoms. The standard InChI is InChI=1S/C20H17ClN6O7/c1-12-15(20(21)25(24-12)13-6-4-3-5-7-13)10-22-23-18(28)11-34-19-16(27(31)32)8-14(26(29)30)9-17(19)33-2/h3-10H,11H2,1-2H3,(H,23,28). The number of nitrogens with one attached hydrogen (secondary N) is 1. The first-order valence-electron chi connectivity index (χ1n) is 9.49. The number of rotatable bonds is 9. The predicted molar refractivity (Wildman–Crippen MR) is 121 cm³/mol. The number of hydrazone groups is 1. The molecule has 0 radical (unpaired) electrons. The lowest BCUT2D eigenvalue weighted by Gasteiger charge is -2.10. The molecule has 0 aliphatic rings. The van der Waals surface area contributed by atoms with Crippen LogP contribution < -0.4 is 14.9 Å². The van der Waals surface area contributed by atoms with E-state index in [0.717, 1.165) is 18.9 Å². The van der Waals surface area contributed by atoms with Crippen molar-refractivity contribution in [3.63, 3.8) is 0 Å². The molecule has 176 valence electrons. The highest BCUT2D eigenvalue weighted by Crippen LogP contribution is 2.40. The summed E-state index contributed by atoms with van der Waals surface area (Å²) in [5.74, 6) is -1.46. The van der Waals surface area contributed by atoms with E-state index in [4.69, 9.17) is 21.1 Å². The van der Waals surface area contributed by atoms with Crippen molar-refractivity contribution in [1.29, 1.82) is 0 Å². The van der Waals surface area contributed by atoms with Gasteiger partial charge in [0.1, 0.15) is 5.15 Å². The molecule has 0 saturated carbocycles. The van der Waals surface area contributed by atoms with Crippen LogP contribution in [0.25, 0.3) is 5.69 Å². The molecule has 1 aromatic heterocycles. The zero-order valence-corrected chi connectivity index (χ0v) is 18.6. The lowest BCUT2D eigenvalue weighted by molar-refractivity contribution is -0.394. The first-order chi connectivity index (χ1) is 16.2. The fraction of sp³-hybridized carbons (Fsp3) is 0.150. The Morgan fingerprint density at radius 2 is 1.94 bits per heavy atom. The molecule has 3 rings (SSSR count). The summed E-state index contributed by atoms with van der Waals surface area (Å²) in [5.41, 5.74) is 2.70. The summed E-state index contributed by atoms with van der Waals surface area (Å²) >= 11 is 6.38. The van der Waals surface area contributed by atoms with Gasteiger partial charge in [-0.15, -0.1) is 0 Å². The fourth-order valence-electron chi connectivity index (χ4n) is 2.85. The number of benzene rings is 2. The Balaban J connectivity index is 1.71. The number of nitro groups is 2. The van der Waals surface area contributed by atoms with Gasteiger partial charge >= 0.3 is 5.69 Å². The maximum atomic E-state index is 12.1. The Bertz CT molecular complexity index is 1280. The Hall–Kier alpha value is -4.52. The van der Waals surface area contributed by atoms with Crippen LogP contribution in [-0.2, 0) is 4.79 Å². The van der Waals surface area contributed by atoms with Gasteiger partial charge in [-0.3, -0.25) is 25.0 Å². The highest BCUT2D eigenvalue weighted by atomic mass is 35.5. The lowest BCUT2D eigenvalue weighted by Crippen LogP contribution is -2.25. The molecule has 0 saturated heterocycles. The third kappa shape index (κ3) is 5.27. The molecule has 0 atom stereocenters. The topological polar surface area (TPSA) is 164 Å². The summed E-state index contributed by atoms with van der Waals surface area (Å²) < 4.78 is 11.7. The number of aryl methyl sites for hydroxylation is 1. The minimum Gasteiger partial charge on any atom is -0.492 e. The van der Waals surface area contributed by atoms with Crippen LogP contribution in [-0.4, -0.2) is 45.5 Å². The van der Waals surface area contributed by atoms with Crippen molar-refractivity contribution in [1.82, 2.24) is 15.2 Å². The number of nitro benzene ring substituents is 2. The molecule has 0 aliphatic carbocycles. The van der Waals surface area contributed by atoms with Gasteiger partial charge in [0.05, 0.1) is 52.2 Å². The van der Waals surface area contributed by atoms with Gasteiger partial charge in [0.25, 0.3) is 11.6 Å². The van der Waals surface area contributed by atoms with Crippen LogP contribution in [0.3, 0.4) is 0 Å². The average molecular weight is 489 g/mol. The third-order valence-corrected chi connectivity index (χ3v) is 4.79. The Kier molecular flexibility index (Phi) is 7.38. The number of halogens is 1. The largest absolute Gasteiger partial charge is 0.492 e. The number of ether oxygens (including phenoxy) is 2. The number of methoxy groups -OCH3 is 1. The summed E-state index contributed by atoms with van der Waals surface area (Å²) in [6, 6.07) is 10.8. The van der Waals surface area contributed by atoms with Crippen LogP contribution in [0.15, 0.2) is 47.6 Å². The average Bonchev–Trinajstić information content (AvgIpc) is 3.10. The van der Waals surface area contributed by atoms with Crippen LogP contribution in [0.2, 0.25) is 5.15 Å². The van der Waals surface area contributed by atoms with Crippen molar-refractivity contribution < 1.29 is 24.1 Å². The Morgan fingerprint density at radius 3 is 2.56 bits per heavy atom. The minimum atomic E-state index is -0.879. The molecule has 14 heteroatoms. The summed E-state index contributed by atoms with van der Waals surface area (Å²) in [4.78, 5) is 32.7. The smallest absolute Gasteiger partial charge is 0.321 e. The quantitative estimate of drug-likeness (QED) is 0.272. The molecule has 0 fully saturated rings. The van der Waals surface area contributed by atoms with Crippen molar-refractivity contribution in [2.45, 2.75) is 6.92 Å². The number of nitrogens with zero attached hydrogens (tertiary/aromatic N) is 5. The van der Waals surface area contributed by atoms with E-state index in [1.54, 1.807) is 6.92 Å². The van der Waals surface area contributed by atoms with Gasteiger partial charge in [0, 0.05) is 0 Å². The van der Waals surface area contributed by atoms with Crippen LogP contribution in [0, 0.1) is 27.2 Å². The molecular weight excluding hydrogens is 472 g/mol. The van der Waals surface area contributed by atoms with Gasteiger partial charge in [0.15, 0.2) is 12.4 Å². The minimum absolute atomic E-state index is 0.270. The molecule has 1 N–H and O–H groups in total. The molecule has 1 heterocycles. The van der Waals surface area contributed by atoms with Gasteiger partial charge in [-0.1, -0.05) is 29.8 Å². The summed E-state index contributed by atoms with van der Waals surface area (Å²) in [6.45, 7) is 1.04. The highest BCUT2D eigenvalue weighted by Gasteiger charge is 2.27. The second-order valence-corrected chi connectivity index (χ2v) is 6.99. The number of amides is 1. The van der Waals surface area contributed by atoms with E-state index < -0.39 is 39.5 Å². The number of carbonyl (C=O) groups is 1. The molecule has 13 nitrogen and oxygen atoms in total. The monoisotopic (exact) mass is 488 g/mol. The van der Waals surface area contributed by atoms with Crippen LogP contribution in [0.5, 0.6) is 11.5 Å². The van der Waals surface area contributed by atoms with E-state index in [2.05, 4.69) is 15.6 Å². The lowest BCUT2D eigenvalue weighted by atomic mass is 10.2. The van der Waals surface area contributed by atoms with Gasteiger partial charge in [-0.25, -0.2) is 10.1 Å². The number of hydrogen-bond donors (Lipinski definition) is 1. The number of para-hydroxylation sites is 1. The molecule has 2 aromatic carbocycles. The van der Waals surface area contributed by atoms with E-state index in [1.807, 2.05) is 30.3 Å². The zero-order valence-electron chi connectivity index (χ0n) is 17.8. The van der Waals surface area contributed by atoms with E-state index in [1.165, 1.54) is 10.9 Å². The second kappa shape index (κ2) is 10.4. The van der Waals surface area contributed by atoms with Crippen molar-refractivity contribution in [2.75, 3.05) is 13.7 Å². The van der Waals surface area contributed by atoms with Crippen molar-refractivity contribution in [3.05, 3.63) is 79.1 Å². The molecular formula is C20H17ClN6O7. The van der Waals surface area contributed by atoms with Crippen molar-refractivity contribution in [2.24, 2.45) is 5.10 Å². The van der Waals surface area contributed by atoms with E-state index in [-0.39, 0.29) is 10.9 Å². The summed E-state index contributed by atoms with van der Waals surface area (Å²) in [6.07, 6.45) is 1.30. The molecule has 0 unspecified atom stereocenters.